The SMILES string of the molecule is O=c1ccnc(CCCCN2C[C@]3(I)C[C@]3(c3ccc(C(F)(F)F)cc3)C2)[nH]1. The van der Waals surface area contributed by atoms with E-state index in [0.29, 0.717) is 5.82 Å². The average Bonchev–Trinajstić information content (AvgIpc) is 3.11. The van der Waals surface area contributed by atoms with Crippen LogP contribution < -0.4 is 5.56 Å². The summed E-state index contributed by atoms with van der Waals surface area (Å²) < 4.78 is 38.6. The Labute approximate surface area is 174 Å². The first-order valence-electron chi connectivity index (χ1n) is 9.35. The van der Waals surface area contributed by atoms with Gasteiger partial charge in [-0.05, 0) is 43.5 Å². The molecule has 1 saturated heterocycles. The van der Waals surface area contributed by atoms with Gasteiger partial charge in [-0.25, -0.2) is 4.98 Å². The number of benzene rings is 1. The molecule has 2 aromatic rings. The first-order chi connectivity index (χ1) is 13.2. The van der Waals surface area contributed by atoms with Crippen molar-refractivity contribution in [2.45, 2.75) is 40.7 Å². The number of hydrogen-bond donors (Lipinski definition) is 1. The largest absolute Gasteiger partial charge is 0.416 e. The molecular formula is C20H21F3IN3O. The number of halogens is 4. The van der Waals surface area contributed by atoms with Crippen LogP contribution in [0.1, 0.15) is 36.2 Å². The summed E-state index contributed by atoms with van der Waals surface area (Å²) >= 11 is 2.50. The van der Waals surface area contributed by atoms with Gasteiger partial charge in [0, 0.05) is 40.6 Å². The Morgan fingerprint density at radius 3 is 2.57 bits per heavy atom. The highest BCUT2D eigenvalue weighted by atomic mass is 127. The van der Waals surface area contributed by atoms with Gasteiger partial charge in [0.15, 0.2) is 0 Å². The van der Waals surface area contributed by atoms with Crippen LogP contribution in [0, 0.1) is 0 Å². The van der Waals surface area contributed by atoms with Crippen LogP contribution in [0.2, 0.25) is 0 Å². The van der Waals surface area contributed by atoms with Crippen LogP contribution in [0.3, 0.4) is 0 Å². The lowest BCUT2D eigenvalue weighted by molar-refractivity contribution is -0.137. The van der Waals surface area contributed by atoms with Gasteiger partial charge in [-0.2, -0.15) is 13.2 Å². The first-order valence-corrected chi connectivity index (χ1v) is 10.4. The zero-order chi connectivity index (χ0) is 20.0. The third-order valence-corrected chi connectivity index (χ3v) is 7.66. The number of unbranched alkanes of at least 4 members (excludes halogenated alkanes) is 1. The van der Waals surface area contributed by atoms with E-state index in [2.05, 4.69) is 37.5 Å². The fraction of sp³-hybridized carbons (Fsp3) is 0.500. The summed E-state index contributed by atoms with van der Waals surface area (Å²) in [5.74, 6) is 0.711. The summed E-state index contributed by atoms with van der Waals surface area (Å²) in [7, 11) is 0. The number of piperidine rings is 1. The quantitative estimate of drug-likeness (QED) is 0.369. The summed E-state index contributed by atoms with van der Waals surface area (Å²) in [5, 5.41) is 0. The van der Waals surface area contributed by atoms with Crippen molar-refractivity contribution < 1.29 is 13.2 Å². The maximum Gasteiger partial charge on any atom is 0.416 e. The fourth-order valence-corrected chi connectivity index (χ4v) is 6.00. The molecule has 2 fully saturated rings. The van der Waals surface area contributed by atoms with Gasteiger partial charge in [0.2, 0.25) is 0 Å². The fourth-order valence-electron chi connectivity index (χ4n) is 4.39. The van der Waals surface area contributed by atoms with E-state index in [4.69, 9.17) is 0 Å². The van der Waals surface area contributed by atoms with Crippen molar-refractivity contribution in [3.8, 4) is 0 Å². The molecule has 1 aromatic heterocycles. The Morgan fingerprint density at radius 2 is 1.89 bits per heavy atom. The number of H-pyrrole nitrogens is 1. The van der Waals surface area contributed by atoms with Crippen LogP contribution in [0.5, 0.6) is 0 Å². The summed E-state index contributed by atoms with van der Waals surface area (Å²) in [6, 6.07) is 7.13. The Balaban J connectivity index is 1.33. The summed E-state index contributed by atoms with van der Waals surface area (Å²) in [5.41, 5.74) is 0.275. The molecule has 4 nitrogen and oxygen atoms in total. The topological polar surface area (TPSA) is 49.0 Å². The number of nitrogens with zero attached hydrogens (tertiary/aromatic N) is 2. The van der Waals surface area contributed by atoms with Crippen molar-refractivity contribution in [3.63, 3.8) is 0 Å². The number of hydrogen-bond acceptors (Lipinski definition) is 3. The minimum absolute atomic E-state index is 0.0239. The van der Waals surface area contributed by atoms with Crippen molar-refractivity contribution in [2.75, 3.05) is 19.6 Å². The molecule has 1 aromatic carbocycles. The molecule has 0 spiro atoms. The molecule has 2 heterocycles. The normalized spacial score (nSPS) is 27.0. The van der Waals surface area contributed by atoms with E-state index >= 15 is 0 Å². The van der Waals surface area contributed by atoms with Crippen LogP contribution in [0.25, 0.3) is 0 Å². The van der Waals surface area contributed by atoms with E-state index in [1.165, 1.54) is 24.4 Å². The van der Waals surface area contributed by atoms with Crippen molar-refractivity contribution in [1.82, 2.24) is 14.9 Å². The van der Waals surface area contributed by atoms with Crippen molar-refractivity contribution in [3.05, 3.63) is 63.8 Å². The van der Waals surface area contributed by atoms with Crippen LogP contribution in [-0.2, 0) is 18.0 Å². The molecule has 8 heteroatoms. The maximum absolute atomic E-state index is 12.8. The Kier molecular flexibility index (Phi) is 5.06. The highest BCUT2D eigenvalue weighted by molar-refractivity contribution is 14.1. The lowest BCUT2D eigenvalue weighted by atomic mass is 9.94. The standard InChI is InChI=1S/C20H21F3IN3O/c21-20(22,23)15-6-4-14(5-7-15)18-11-19(18,24)13-27(12-18)10-2-1-3-16-25-9-8-17(28)26-16/h4-9H,1-3,10-13H2,(H,25,26,28)/t18-,19-/m1/s1. The molecule has 150 valence electrons. The van der Waals surface area contributed by atoms with Gasteiger partial charge in [0.25, 0.3) is 5.56 Å². The molecule has 1 saturated carbocycles. The monoisotopic (exact) mass is 503 g/mol. The number of nitrogens with one attached hydrogen (secondary N) is 1. The first kappa shape index (κ1) is 19.9. The van der Waals surface area contributed by atoms with E-state index in [0.717, 1.165) is 50.9 Å². The van der Waals surface area contributed by atoms with E-state index in [-0.39, 0.29) is 14.4 Å². The number of alkyl halides is 4. The Hall–Kier alpha value is -1.42. The lowest BCUT2D eigenvalue weighted by Gasteiger charge is -2.21. The zero-order valence-corrected chi connectivity index (χ0v) is 17.4. The second-order valence-electron chi connectivity index (χ2n) is 7.85. The van der Waals surface area contributed by atoms with Crippen LogP contribution >= 0.6 is 22.6 Å². The zero-order valence-electron chi connectivity index (χ0n) is 15.2. The van der Waals surface area contributed by atoms with E-state index < -0.39 is 11.7 Å². The van der Waals surface area contributed by atoms with Gasteiger partial charge in [-0.1, -0.05) is 34.7 Å². The summed E-state index contributed by atoms with van der Waals surface area (Å²) in [4.78, 5) is 20.6. The van der Waals surface area contributed by atoms with Gasteiger partial charge in [-0.15, -0.1) is 0 Å². The van der Waals surface area contributed by atoms with Gasteiger partial charge in [0.05, 0.1) is 5.56 Å². The number of rotatable bonds is 6. The third-order valence-electron chi connectivity index (χ3n) is 5.91. The molecule has 1 aliphatic heterocycles. The second kappa shape index (κ2) is 7.12. The highest BCUT2D eigenvalue weighted by Gasteiger charge is 2.71. The molecule has 4 rings (SSSR count). The average molecular weight is 503 g/mol. The van der Waals surface area contributed by atoms with E-state index in [1.807, 2.05) is 0 Å². The Bertz CT molecular complexity index is 914. The maximum atomic E-state index is 12.8. The molecular weight excluding hydrogens is 482 g/mol. The van der Waals surface area contributed by atoms with Gasteiger partial charge < -0.3 is 9.88 Å². The smallest absolute Gasteiger partial charge is 0.311 e. The number of likely N-dealkylation sites (tertiary alicyclic amines) is 1. The molecule has 0 unspecified atom stereocenters. The minimum atomic E-state index is -4.29. The molecule has 0 radical (unpaired) electrons. The van der Waals surface area contributed by atoms with Gasteiger partial charge in [0.1, 0.15) is 5.82 Å². The molecule has 0 bridgehead atoms. The predicted octanol–water partition coefficient (Wildman–Crippen LogP) is 3.94. The van der Waals surface area contributed by atoms with E-state index in [1.54, 1.807) is 12.1 Å². The summed E-state index contributed by atoms with van der Waals surface area (Å²) in [6.45, 7) is 2.81. The third kappa shape index (κ3) is 3.72. The molecule has 1 N–H and O–H groups in total. The van der Waals surface area contributed by atoms with Crippen molar-refractivity contribution in [2.24, 2.45) is 0 Å². The number of aromatic amines is 1. The minimum Gasteiger partial charge on any atom is -0.311 e. The second-order valence-corrected chi connectivity index (χ2v) is 9.91. The van der Waals surface area contributed by atoms with E-state index in [9.17, 15) is 18.0 Å². The van der Waals surface area contributed by atoms with Crippen molar-refractivity contribution >= 4 is 22.6 Å². The number of aromatic nitrogens is 2. The van der Waals surface area contributed by atoms with Crippen LogP contribution in [-0.4, -0.2) is 37.9 Å². The van der Waals surface area contributed by atoms with Crippen molar-refractivity contribution in [1.29, 1.82) is 0 Å². The molecule has 2 atom stereocenters. The lowest BCUT2D eigenvalue weighted by Crippen LogP contribution is -2.28. The Morgan fingerprint density at radius 1 is 1.14 bits per heavy atom. The molecule has 1 aliphatic carbocycles. The van der Waals surface area contributed by atoms with Gasteiger partial charge >= 0.3 is 6.18 Å². The van der Waals surface area contributed by atoms with Crippen LogP contribution in [0.4, 0.5) is 13.2 Å². The molecule has 2 aliphatic rings. The molecule has 28 heavy (non-hydrogen) atoms. The predicted molar refractivity (Wildman–Crippen MR) is 109 cm³/mol. The highest BCUT2D eigenvalue weighted by Crippen LogP contribution is 2.67. The van der Waals surface area contributed by atoms with Gasteiger partial charge in [-0.3, -0.25) is 4.79 Å². The molecule has 0 amide bonds. The summed E-state index contributed by atoms with van der Waals surface area (Å²) in [6.07, 6.45) is 0.927. The number of aryl methyl sites for hydroxylation is 1. The number of fused-ring (bicyclic) bond motifs is 1. The van der Waals surface area contributed by atoms with Crippen LogP contribution in [0.15, 0.2) is 41.3 Å².